The third-order valence-corrected chi connectivity index (χ3v) is 2.61. The summed E-state index contributed by atoms with van der Waals surface area (Å²) in [6.45, 7) is 5.15. The highest BCUT2D eigenvalue weighted by molar-refractivity contribution is 5.36. The Kier molecular flexibility index (Phi) is 7.41. The standard InChI is InChI=1S/C14H23NO3/c1-12-4-5-13(11-15)10-14(12)18-9-8-17-7-3-6-16-2/h4-5,10H,3,6-9,11,15H2,1-2H3. The predicted molar refractivity (Wildman–Crippen MR) is 71.9 cm³/mol. The maximum atomic E-state index is 5.67. The van der Waals surface area contributed by atoms with Gasteiger partial charge in [0.25, 0.3) is 0 Å². The van der Waals surface area contributed by atoms with Gasteiger partial charge in [-0.1, -0.05) is 12.1 Å². The summed E-state index contributed by atoms with van der Waals surface area (Å²) in [5.74, 6) is 0.887. The van der Waals surface area contributed by atoms with Crippen molar-refractivity contribution in [3.05, 3.63) is 29.3 Å². The van der Waals surface area contributed by atoms with Crippen molar-refractivity contribution in [2.45, 2.75) is 19.9 Å². The molecule has 0 aromatic heterocycles. The molecule has 0 unspecified atom stereocenters. The van der Waals surface area contributed by atoms with E-state index in [1.54, 1.807) is 7.11 Å². The van der Waals surface area contributed by atoms with Crippen LogP contribution in [0.25, 0.3) is 0 Å². The van der Waals surface area contributed by atoms with E-state index in [0.29, 0.717) is 26.4 Å². The molecule has 0 aliphatic heterocycles. The minimum Gasteiger partial charge on any atom is -0.491 e. The first-order valence-corrected chi connectivity index (χ1v) is 6.27. The van der Waals surface area contributed by atoms with Gasteiger partial charge in [-0.3, -0.25) is 0 Å². The molecule has 0 fully saturated rings. The molecule has 0 atom stereocenters. The summed E-state index contributed by atoms with van der Waals surface area (Å²) in [6.07, 6.45) is 0.915. The Morgan fingerprint density at radius 1 is 1.11 bits per heavy atom. The fourth-order valence-electron chi connectivity index (χ4n) is 1.54. The zero-order valence-electron chi connectivity index (χ0n) is 11.3. The van der Waals surface area contributed by atoms with Crippen molar-refractivity contribution in [3.63, 3.8) is 0 Å². The normalized spacial score (nSPS) is 10.6. The Bertz CT molecular complexity index is 342. The van der Waals surface area contributed by atoms with Crippen molar-refractivity contribution in [2.24, 2.45) is 5.73 Å². The molecule has 0 saturated heterocycles. The fourth-order valence-corrected chi connectivity index (χ4v) is 1.54. The summed E-state index contributed by atoms with van der Waals surface area (Å²) in [7, 11) is 1.69. The van der Waals surface area contributed by atoms with Crippen LogP contribution in [0.3, 0.4) is 0 Å². The quantitative estimate of drug-likeness (QED) is 0.683. The largest absolute Gasteiger partial charge is 0.491 e. The van der Waals surface area contributed by atoms with Crippen molar-refractivity contribution in [3.8, 4) is 5.75 Å². The van der Waals surface area contributed by atoms with Crippen LogP contribution >= 0.6 is 0 Å². The molecule has 0 heterocycles. The SMILES string of the molecule is COCCCOCCOc1cc(CN)ccc1C. The summed E-state index contributed by atoms with van der Waals surface area (Å²) in [5, 5.41) is 0. The molecular weight excluding hydrogens is 230 g/mol. The number of benzene rings is 1. The third kappa shape index (κ3) is 5.49. The Morgan fingerprint density at radius 2 is 1.94 bits per heavy atom. The monoisotopic (exact) mass is 253 g/mol. The molecule has 102 valence electrons. The highest BCUT2D eigenvalue weighted by Crippen LogP contribution is 2.19. The summed E-state index contributed by atoms with van der Waals surface area (Å²) in [6, 6.07) is 6.03. The van der Waals surface area contributed by atoms with Gasteiger partial charge in [0.2, 0.25) is 0 Å². The van der Waals surface area contributed by atoms with E-state index in [0.717, 1.165) is 29.9 Å². The van der Waals surface area contributed by atoms with Gasteiger partial charge in [-0.05, 0) is 30.5 Å². The van der Waals surface area contributed by atoms with Crippen LogP contribution in [-0.4, -0.2) is 33.5 Å². The van der Waals surface area contributed by atoms with Gasteiger partial charge in [0.05, 0.1) is 6.61 Å². The molecule has 0 saturated carbocycles. The van der Waals surface area contributed by atoms with Crippen LogP contribution in [0.4, 0.5) is 0 Å². The average Bonchev–Trinajstić information content (AvgIpc) is 2.39. The Labute approximate surface area is 109 Å². The smallest absolute Gasteiger partial charge is 0.122 e. The third-order valence-electron chi connectivity index (χ3n) is 2.61. The van der Waals surface area contributed by atoms with E-state index in [9.17, 15) is 0 Å². The first-order valence-electron chi connectivity index (χ1n) is 6.27. The van der Waals surface area contributed by atoms with E-state index in [2.05, 4.69) is 0 Å². The second-order valence-electron chi connectivity index (χ2n) is 4.11. The molecule has 0 bridgehead atoms. The number of nitrogens with two attached hydrogens (primary N) is 1. The van der Waals surface area contributed by atoms with Gasteiger partial charge >= 0.3 is 0 Å². The lowest BCUT2D eigenvalue weighted by Crippen LogP contribution is -2.09. The van der Waals surface area contributed by atoms with Crippen molar-refractivity contribution >= 4 is 0 Å². The fraction of sp³-hybridized carbons (Fsp3) is 0.571. The maximum Gasteiger partial charge on any atom is 0.122 e. The Morgan fingerprint density at radius 3 is 2.67 bits per heavy atom. The van der Waals surface area contributed by atoms with Crippen LogP contribution in [0.2, 0.25) is 0 Å². The molecular formula is C14H23NO3. The number of rotatable bonds is 9. The molecule has 4 nitrogen and oxygen atoms in total. The molecule has 18 heavy (non-hydrogen) atoms. The van der Waals surface area contributed by atoms with Gasteiger partial charge in [-0.15, -0.1) is 0 Å². The molecule has 1 aromatic rings. The molecule has 2 N–H and O–H groups in total. The van der Waals surface area contributed by atoms with E-state index in [-0.39, 0.29) is 0 Å². The lowest BCUT2D eigenvalue weighted by Gasteiger charge is -2.10. The maximum absolute atomic E-state index is 5.67. The van der Waals surface area contributed by atoms with Crippen LogP contribution in [0.5, 0.6) is 5.75 Å². The number of hydrogen-bond acceptors (Lipinski definition) is 4. The van der Waals surface area contributed by atoms with Gasteiger partial charge in [0, 0.05) is 26.9 Å². The van der Waals surface area contributed by atoms with Crippen LogP contribution < -0.4 is 10.5 Å². The highest BCUT2D eigenvalue weighted by atomic mass is 16.5. The van der Waals surface area contributed by atoms with Crippen molar-refractivity contribution < 1.29 is 14.2 Å². The van der Waals surface area contributed by atoms with Crippen LogP contribution in [0, 0.1) is 6.92 Å². The van der Waals surface area contributed by atoms with Gasteiger partial charge in [0.1, 0.15) is 12.4 Å². The van der Waals surface area contributed by atoms with Crippen molar-refractivity contribution in [1.29, 1.82) is 0 Å². The van der Waals surface area contributed by atoms with Gasteiger partial charge in [-0.2, -0.15) is 0 Å². The molecule has 1 rings (SSSR count). The molecule has 0 amide bonds. The second kappa shape index (κ2) is 8.91. The summed E-state index contributed by atoms with van der Waals surface area (Å²) < 4.78 is 16.0. The Balaban J connectivity index is 2.22. The van der Waals surface area contributed by atoms with Gasteiger partial charge < -0.3 is 19.9 Å². The minimum atomic E-state index is 0.532. The van der Waals surface area contributed by atoms with Crippen molar-refractivity contribution in [2.75, 3.05) is 33.5 Å². The van der Waals surface area contributed by atoms with Crippen LogP contribution in [-0.2, 0) is 16.0 Å². The van der Waals surface area contributed by atoms with E-state index >= 15 is 0 Å². The van der Waals surface area contributed by atoms with Gasteiger partial charge in [-0.25, -0.2) is 0 Å². The zero-order valence-corrected chi connectivity index (χ0v) is 11.3. The number of ether oxygens (including phenoxy) is 3. The second-order valence-corrected chi connectivity index (χ2v) is 4.11. The summed E-state index contributed by atoms with van der Waals surface area (Å²) in [5.41, 5.74) is 7.80. The number of hydrogen-bond donors (Lipinski definition) is 1. The lowest BCUT2D eigenvalue weighted by atomic mass is 10.1. The Hall–Kier alpha value is -1.10. The topological polar surface area (TPSA) is 53.7 Å². The van der Waals surface area contributed by atoms with Crippen LogP contribution in [0.15, 0.2) is 18.2 Å². The molecule has 0 aliphatic carbocycles. The van der Waals surface area contributed by atoms with E-state index in [1.165, 1.54) is 0 Å². The summed E-state index contributed by atoms with van der Waals surface area (Å²) >= 11 is 0. The molecule has 1 aromatic carbocycles. The number of methoxy groups -OCH3 is 1. The first kappa shape index (κ1) is 15.0. The zero-order chi connectivity index (χ0) is 13.2. The minimum absolute atomic E-state index is 0.532. The van der Waals surface area contributed by atoms with Crippen molar-refractivity contribution in [1.82, 2.24) is 0 Å². The molecule has 0 spiro atoms. The average molecular weight is 253 g/mol. The summed E-state index contributed by atoms with van der Waals surface area (Å²) in [4.78, 5) is 0. The molecule has 0 aliphatic rings. The van der Waals surface area contributed by atoms with E-state index < -0.39 is 0 Å². The van der Waals surface area contributed by atoms with Crippen LogP contribution in [0.1, 0.15) is 17.5 Å². The highest BCUT2D eigenvalue weighted by Gasteiger charge is 2.00. The van der Waals surface area contributed by atoms with E-state index in [4.69, 9.17) is 19.9 Å². The van der Waals surface area contributed by atoms with E-state index in [1.807, 2.05) is 25.1 Å². The van der Waals surface area contributed by atoms with Gasteiger partial charge in [0.15, 0.2) is 0 Å². The molecule has 0 radical (unpaired) electrons. The first-order chi connectivity index (χ1) is 8.77. The predicted octanol–water partition coefficient (Wildman–Crippen LogP) is 1.89. The lowest BCUT2D eigenvalue weighted by molar-refractivity contribution is 0.0805. The number of aryl methyl sites for hydroxylation is 1. The molecule has 4 heteroatoms.